The van der Waals surface area contributed by atoms with Crippen LogP contribution in [0.1, 0.15) is 36.5 Å². The van der Waals surface area contributed by atoms with E-state index in [1.54, 1.807) is 0 Å². The van der Waals surface area contributed by atoms with Crippen molar-refractivity contribution in [2.24, 2.45) is 4.99 Å². The highest BCUT2D eigenvalue weighted by Crippen LogP contribution is 2.13. The Labute approximate surface area is 206 Å². The summed E-state index contributed by atoms with van der Waals surface area (Å²) in [4.78, 5) is 7.20. The average Bonchev–Trinajstić information content (AvgIpc) is 3.27. The van der Waals surface area contributed by atoms with Crippen LogP contribution in [-0.2, 0) is 29.6 Å². The van der Waals surface area contributed by atoms with Crippen LogP contribution in [0.4, 0.5) is 0 Å². The molecule has 0 radical (unpaired) electrons. The van der Waals surface area contributed by atoms with Crippen LogP contribution < -0.4 is 10.6 Å². The van der Waals surface area contributed by atoms with Gasteiger partial charge in [-0.25, -0.2) is 4.99 Å². The van der Waals surface area contributed by atoms with Gasteiger partial charge in [0.2, 0.25) is 0 Å². The maximum Gasteiger partial charge on any atom is 0.191 e. The number of nitrogens with zero attached hydrogens (tertiary/aromatic N) is 2. The summed E-state index contributed by atoms with van der Waals surface area (Å²) in [5.41, 5.74) is 3.69. The smallest absolute Gasteiger partial charge is 0.191 e. The lowest BCUT2D eigenvalue weighted by molar-refractivity contribution is 0.331. The highest BCUT2D eigenvalue weighted by molar-refractivity contribution is 14.0. The maximum absolute atomic E-state index is 12.3. The summed E-state index contributed by atoms with van der Waals surface area (Å²) in [6.45, 7) is 7.62. The third kappa shape index (κ3) is 9.70. The fourth-order valence-corrected chi connectivity index (χ4v) is 4.61. The monoisotopic (exact) mass is 554 g/mol. The van der Waals surface area contributed by atoms with Crippen molar-refractivity contribution in [2.75, 3.05) is 31.9 Å². The minimum atomic E-state index is -0.886. The van der Waals surface area contributed by atoms with Crippen LogP contribution in [-0.4, -0.2) is 47.0 Å². The molecule has 0 aliphatic carbocycles. The van der Waals surface area contributed by atoms with Crippen LogP contribution in [0.3, 0.4) is 0 Å². The Morgan fingerprint density at radius 3 is 2.32 bits per heavy atom. The van der Waals surface area contributed by atoms with Crippen molar-refractivity contribution in [1.82, 2.24) is 15.5 Å². The lowest BCUT2D eigenvalue weighted by atomic mass is 10.1. The van der Waals surface area contributed by atoms with E-state index < -0.39 is 10.8 Å². The number of nitrogens with one attached hydrogen (secondary N) is 2. The molecule has 1 unspecified atom stereocenters. The molecular weight excluding hydrogens is 519 g/mol. The second kappa shape index (κ2) is 14.6. The van der Waals surface area contributed by atoms with E-state index in [0.29, 0.717) is 24.6 Å². The van der Waals surface area contributed by atoms with Gasteiger partial charge in [0, 0.05) is 41.9 Å². The third-order valence-corrected chi connectivity index (χ3v) is 6.50. The van der Waals surface area contributed by atoms with Gasteiger partial charge in [0.25, 0.3) is 0 Å². The molecule has 0 aromatic heterocycles. The molecule has 170 valence electrons. The molecule has 31 heavy (non-hydrogen) atoms. The van der Waals surface area contributed by atoms with Crippen molar-refractivity contribution in [3.63, 3.8) is 0 Å². The molecule has 3 rings (SSSR count). The van der Waals surface area contributed by atoms with Gasteiger partial charge in [-0.15, -0.1) is 24.0 Å². The molecule has 1 aliphatic heterocycles. The average molecular weight is 555 g/mol. The number of halogens is 1. The fourth-order valence-electron chi connectivity index (χ4n) is 3.58. The number of likely N-dealkylation sites (tertiary alicyclic amines) is 1. The van der Waals surface area contributed by atoms with Crippen LogP contribution in [0.5, 0.6) is 0 Å². The first-order valence-electron chi connectivity index (χ1n) is 10.9. The van der Waals surface area contributed by atoms with E-state index in [4.69, 9.17) is 0 Å². The summed E-state index contributed by atoms with van der Waals surface area (Å²) in [6, 6.07) is 18.8. The Balaban J connectivity index is 0.00000341. The van der Waals surface area contributed by atoms with E-state index in [0.717, 1.165) is 24.6 Å². The van der Waals surface area contributed by atoms with Gasteiger partial charge in [-0.05, 0) is 49.5 Å². The minimum absolute atomic E-state index is 0. The summed E-state index contributed by atoms with van der Waals surface area (Å²) in [5.74, 6) is 1.97. The summed E-state index contributed by atoms with van der Waals surface area (Å²) in [7, 11) is -0.886. The van der Waals surface area contributed by atoms with E-state index in [2.05, 4.69) is 51.7 Å². The topological polar surface area (TPSA) is 56.7 Å². The molecule has 7 heteroatoms. The fraction of sp³-hybridized carbons (Fsp3) is 0.458. The van der Waals surface area contributed by atoms with Crippen molar-refractivity contribution in [3.05, 3.63) is 71.3 Å². The number of benzene rings is 2. The van der Waals surface area contributed by atoms with Crippen molar-refractivity contribution in [1.29, 1.82) is 0 Å². The molecule has 1 fully saturated rings. The van der Waals surface area contributed by atoms with E-state index in [9.17, 15) is 4.21 Å². The predicted octanol–water partition coefficient (Wildman–Crippen LogP) is 3.90. The zero-order valence-electron chi connectivity index (χ0n) is 18.4. The van der Waals surface area contributed by atoms with Gasteiger partial charge in [0.1, 0.15) is 0 Å². The van der Waals surface area contributed by atoms with Gasteiger partial charge in [0.15, 0.2) is 5.96 Å². The molecule has 2 aromatic carbocycles. The molecule has 0 saturated carbocycles. The molecule has 1 heterocycles. The molecule has 0 amide bonds. The molecule has 1 saturated heterocycles. The Bertz CT molecular complexity index is 808. The maximum atomic E-state index is 12.3. The Morgan fingerprint density at radius 2 is 1.65 bits per heavy atom. The minimum Gasteiger partial charge on any atom is -0.357 e. The van der Waals surface area contributed by atoms with Crippen molar-refractivity contribution >= 4 is 40.7 Å². The summed E-state index contributed by atoms with van der Waals surface area (Å²) >= 11 is 0. The quantitative estimate of drug-likeness (QED) is 0.266. The molecule has 5 nitrogen and oxygen atoms in total. The van der Waals surface area contributed by atoms with Crippen molar-refractivity contribution < 1.29 is 4.21 Å². The van der Waals surface area contributed by atoms with Crippen LogP contribution in [0.15, 0.2) is 59.6 Å². The van der Waals surface area contributed by atoms with Crippen LogP contribution in [0.2, 0.25) is 0 Å². The van der Waals surface area contributed by atoms with Crippen LogP contribution >= 0.6 is 24.0 Å². The number of guanidine groups is 1. The van der Waals surface area contributed by atoms with Gasteiger partial charge in [0.05, 0.1) is 6.54 Å². The number of hydrogen-bond donors (Lipinski definition) is 2. The lowest BCUT2D eigenvalue weighted by Crippen LogP contribution is -2.39. The second-order valence-corrected chi connectivity index (χ2v) is 9.27. The number of aliphatic imine (C=N–C) groups is 1. The Morgan fingerprint density at radius 1 is 0.968 bits per heavy atom. The van der Waals surface area contributed by atoms with Crippen LogP contribution in [0, 0.1) is 0 Å². The SMILES string of the molecule is CCNC(=NCc1ccc(CN2CCCC2)cc1)NCCS(=O)Cc1ccccc1.I. The first-order valence-corrected chi connectivity index (χ1v) is 12.4. The molecule has 2 N–H and O–H groups in total. The van der Waals surface area contributed by atoms with Gasteiger partial charge < -0.3 is 10.6 Å². The third-order valence-electron chi connectivity index (χ3n) is 5.18. The van der Waals surface area contributed by atoms with Crippen molar-refractivity contribution in [2.45, 2.75) is 38.6 Å². The molecule has 0 spiro atoms. The van der Waals surface area contributed by atoms with E-state index in [1.165, 1.54) is 37.1 Å². The van der Waals surface area contributed by atoms with E-state index in [1.807, 2.05) is 30.3 Å². The Hall–Kier alpha value is -1.45. The molecule has 1 aliphatic rings. The van der Waals surface area contributed by atoms with Crippen LogP contribution in [0.25, 0.3) is 0 Å². The second-order valence-electron chi connectivity index (χ2n) is 7.70. The standard InChI is InChI=1S/C24H34N4OS.HI/c1-2-25-24(26-14-17-30(29)20-23-8-4-3-5-9-23)27-18-21-10-12-22(13-11-21)19-28-15-6-7-16-28;/h3-5,8-13H,2,6-7,14-20H2,1H3,(H2,25,26,27);1H. The van der Waals surface area contributed by atoms with Crippen molar-refractivity contribution in [3.8, 4) is 0 Å². The molecule has 2 aromatic rings. The Kier molecular flexibility index (Phi) is 12.1. The highest BCUT2D eigenvalue weighted by atomic mass is 127. The van der Waals surface area contributed by atoms with Gasteiger partial charge in [-0.1, -0.05) is 54.6 Å². The summed E-state index contributed by atoms with van der Waals surface area (Å²) in [5, 5.41) is 6.58. The largest absolute Gasteiger partial charge is 0.357 e. The van der Waals surface area contributed by atoms with Gasteiger partial charge in [-0.2, -0.15) is 0 Å². The highest BCUT2D eigenvalue weighted by Gasteiger charge is 2.11. The van der Waals surface area contributed by atoms with E-state index in [-0.39, 0.29) is 24.0 Å². The molecule has 0 bridgehead atoms. The first-order chi connectivity index (χ1) is 14.7. The normalized spacial score (nSPS) is 15.3. The zero-order valence-corrected chi connectivity index (χ0v) is 21.5. The summed E-state index contributed by atoms with van der Waals surface area (Å²) < 4.78 is 12.3. The van der Waals surface area contributed by atoms with E-state index >= 15 is 0 Å². The number of hydrogen-bond acceptors (Lipinski definition) is 3. The summed E-state index contributed by atoms with van der Waals surface area (Å²) in [6.07, 6.45) is 2.65. The first kappa shape index (κ1) is 25.8. The molecular formula is C24H35IN4OS. The number of rotatable bonds is 10. The predicted molar refractivity (Wildman–Crippen MR) is 142 cm³/mol. The molecule has 1 atom stereocenters. The zero-order chi connectivity index (χ0) is 21.0. The van der Waals surface area contributed by atoms with Gasteiger partial charge >= 0.3 is 0 Å². The van der Waals surface area contributed by atoms with Gasteiger partial charge in [-0.3, -0.25) is 9.11 Å². The lowest BCUT2D eigenvalue weighted by Gasteiger charge is -2.14.